The van der Waals surface area contributed by atoms with Gasteiger partial charge in [-0.3, -0.25) is 14.5 Å². The third-order valence-corrected chi connectivity index (χ3v) is 6.04. The maximum Gasteiger partial charge on any atom is 0.254 e. The fourth-order valence-electron chi connectivity index (χ4n) is 4.18. The number of likely N-dealkylation sites (tertiary alicyclic amines) is 1. The number of para-hydroxylation sites is 1. The van der Waals surface area contributed by atoms with Gasteiger partial charge in [0.15, 0.2) is 0 Å². The molecule has 2 aliphatic rings. The Labute approximate surface area is 164 Å². The van der Waals surface area contributed by atoms with Crippen LogP contribution in [-0.2, 0) is 4.79 Å². The van der Waals surface area contributed by atoms with Crippen molar-refractivity contribution in [1.29, 1.82) is 0 Å². The lowest BCUT2D eigenvalue weighted by Crippen LogP contribution is -2.64. The number of amides is 2. The van der Waals surface area contributed by atoms with Crippen LogP contribution in [0.15, 0.2) is 48.5 Å². The molecule has 0 unspecified atom stereocenters. The fourth-order valence-corrected chi connectivity index (χ4v) is 4.18. The van der Waals surface area contributed by atoms with E-state index in [1.54, 1.807) is 24.0 Å². The average Bonchev–Trinajstić information content (AvgIpc) is 3.12. The maximum absolute atomic E-state index is 13.9. The number of hydrogen-bond donors (Lipinski definition) is 0. The van der Waals surface area contributed by atoms with Gasteiger partial charge in [0.25, 0.3) is 5.91 Å². The zero-order chi connectivity index (χ0) is 19.9. The summed E-state index contributed by atoms with van der Waals surface area (Å²) in [4.78, 5) is 31.2. The summed E-state index contributed by atoms with van der Waals surface area (Å²) in [6, 6.07) is 14.3. The molecule has 6 heteroatoms. The zero-order valence-electron chi connectivity index (χ0n) is 16.2. The number of anilines is 1. The van der Waals surface area contributed by atoms with E-state index in [-0.39, 0.29) is 23.2 Å². The van der Waals surface area contributed by atoms with E-state index in [1.165, 1.54) is 6.07 Å². The van der Waals surface area contributed by atoms with Crippen LogP contribution in [-0.4, -0.2) is 60.4 Å². The van der Waals surface area contributed by atoms with Gasteiger partial charge in [0.05, 0.1) is 12.1 Å². The SMILES string of the molecule is Cc1ccc(C(=O)N2CC[C@@]3(C2)CN(c2ccccc2)C(=O)CN3C)cc1F. The molecule has 2 amide bonds. The maximum atomic E-state index is 13.9. The second kappa shape index (κ2) is 7.02. The first-order chi connectivity index (χ1) is 13.4. The topological polar surface area (TPSA) is 43.9 Å². The Balaban J connectivity index is 1.56. The summed E-state index contributed by atoms with van der Waals surface area (Å²) in [5.41, 5.74) is 1.49. The molecule has 2 aromatic carbocycles. The zero-order valence-corrected chi connectivity index (χ0v) is 16.2. The van der Waals surface area contributed by atoms with Crippen molar-refractivity contribution < 1.29 is 14.0 Å². The minimum absolute atomic E-state index is 0.0599. The molecule has 1 spiro atoms. The second-order valence-corrected chi connectivity index (χ2v) is 7.84. The van der Waals surface area contributed by atoms with Crippen molar-refractivity contribution in [2.75, 3.05) is 38.1 Å². The molecule has 0 bridgehead atoms. The van der Waals surface area contributed by atoms with Crippen molar-refractivity contribution in [2.45, 2.75) is 18.9 Å². The van der Waals surface area contributed by atoms with Gasteiger partial charge in [-0.05, 0) is 50.2 Å². The molecule has 0 aromatic heterocycles. The largest absolute Gasteiger partial charge is 0.337 e. The van der Waals surface area contributed by atoms with Crippen LogP contribution in [0, 0.1) is 12.7 Å². The number of halogens is 1. The third-order valence-electron chi connectivity index (χ3n) is 6.04. The van der Waals surface area contributed by atoms with Crippen LogP contribution in [0.4, 0.5) is 10.1 Å². The van der Waals surface area contributed by atoms with E-state index in [9.17, 15) is 14.0 Å². The van der Waals surface area contributed by atoms with Crippen molar-refractivity contribution >= 4 is 17.5 Å². The molecule has 2 fully saturated rings. The molecule has 0 saturated carbocycles. The van der Waals surface area contributed by atoms with Gasteiger partial charge in [-0.1, -0.05) is 24.3 Å². The lowest BCUT2D eigenvalue weighted by molar-refractivity contribution is -0.123. The van der Waals surface area contributed by atoms with Gasteiger partial charge < -0.3 is 9.80 Å². The summed E-state index contributed by atoms with van der Waals surface area (Å²) in [5, 5.41) is 0. The molecule has 5 nitrogen and oxygen atoms in total. The molecule has 0 aliphatic carbocycles. The van der Waals surface area contributed by atoms with Crippen LogP contribution in [0.25, 0.3) is 0 Å². The predicted molar refractivity (Wildman–Crippen MR) is 106 cm³/mol. The fraction of sp³-hybridized carbons (Fsp3) is 0.364. The molecule has 0 radical (unpaired) electrons. The average molecular weight is 381 g/mol. The Morgan fingerprint density at radius 3 is 2.57 bits per heavy atom. The van der Waals surface area contributed by atoms with Crippen LogP contribution >= 0.6 is 0 Å². The van der Waals surface area contributed by atoms with Crippen molar-refractivity contribution in [3.8, 4) is 0 Å². The van der Waals surface area contributed by atoms with E-state index in [0.717, 1.165) is 12.1 Å². The molecule has 2 saturated heterocycles. The van der Waals surface area contributed by atoms with E-state index in [0.29, 0.717) is 37.3 Å². The van der Waals surface area contributed by atoms with E-state index >= 15 is 0 Å². The van der Waals surface area contributed by atoms with Gasteiger partial charge in [-0.15, -0.1) is 0 Å². The van der Waals surface area contributed by atoms with Crippen LogP contribution < -0.4 is 4.90 Å². The van der Waals surface area contributed by atoms with E-state index in [2.05, 4.69) is 4.90 Å². The molecule has 2 aromatic rings. The van der Waals surface area contributed by atoms with Crippen LogP contribution in [0.3, 0.4) is 0 Å². The van der Waals surface area contributed by atoms with E-state index < -0.39 is 0 Å². The van der Waals surface area contributed by atoms with Gasteiger partial charge in [-0.2, -0.15) is 0 Å². The molecule has 2 heterocycles. The number of carbonyl (C=O) groups is 2. The highest BCUT2D eigenvalue weighted by atomic mass is 19.1. The monoisotopic (exact) mass is 381 g/mol. The van der Waals surface area contributed by atoms with Crippen molar-refractivity contribution in [3.05, 3.63) is 65.5 Å². The van der Waals surface area contributed by atoms with Gasteiger partial charge >= 0.3 is 0 Å². The Morgan fingerprint density at radius 1 is 1.11 bits per heavy atom. The smallest absolute Gasteiger partial charge is 0.254 e. The highest BCUT2D eigenvalue weighted by Gasteiger charge is 2.48. The number of carbonyl (C=O) groups excluding carboxylic acids is 2. The van der Waals surface area contributed by atoms with Gasteiger partial charge in [0, 0.05) is 30.9 Å². The molecule has 28 heavy (non-hydrogen) atoms. The second-order valence-electron chi connectivity index (χ2n) is 7.84. The number of benzene rings is 2. The number of likely N-dealkylation sites (N-methyl/N-ethyl adjacent to an activating group) is 1. The predicted octanol–water partition coefficient (Wildman–Crippen LogP) is 2.70. The first kappa shape index (κ1) is 18.6. The summed E-state index contributed by atoms with van der Waals surface area (Å²) in [6.07, 6.45) is 0.778. The molecular formula is C22H24FN3O2. The standard InChI is InChI=1S/C22H24FN3O2/c1-16-8-9-17(12-19(16)23)21(28)25-11-10-22(14-25)15-26(20(27)13-24(22)2)18-6-4-3-5-7-18/h3-9,12H,10-11,13-15H2,1-2H3/t22-/m1/s1. The molecule has 146 valence electrons. The van der Waals surface area contributed by atoms with Gasteiger partial charge in [0.2, 0.25) is 5.91 Å². The van der Waals surface area contributed by atoms with Crippen LogP contribution in [0.5, 0.6) is 0 Å². The molecule has 4 rings (SSSR count). The molecule has 0 N–H and O–H groups in total. The highest BCUT2D eigenvalue weighted by Crippen LogP contribution is 2.34. The number of piperazine rings is 1. The number of nitrogens with zero attached hydrogens (tertiary/aromatic N) is 3. The summed E-state index contributed by atoms with van der Waals surface area (Å²) in [7, 11) is 1.94. The summed E-state index contributed by atoms with van der Waals surface area (Å²) in [6.45, 7) is 3.65. The Morgan fingerprint density at radius 2 is 1.86 bits per heavy atom. The lowest BCUT2D eigenvalue weighted by Gasteiger charge is -2.46. The first-order valence-corrected chi connectivity index (χ1v) is 9.52. The van der Waals surface area contributed by atoms with Crippen molar-refractivity contribution in [3.63, 3.8) is 0 Å². The van der Waals surface area contributed by atoms with Gasteiger partial charge in [-0.25, -0.2) is 4.39 Å². The van der Waals surface area contributed by atoms with E-state index in [4.69, 9.17) is 0 Å². The van der Waals surface area contributed by atoms with Crippen LogP contribution in [0.1, 0.15) is 22.3 Å². The van der Waals surface area contributed by atoms with Crippen LogP contribution in [0.2, 0.25) is 0 Å². The Hall–Kier alpha value is -2.73. The van der Waals surface area contributed by atoms with E-state index in [1.807, 2.05) is 42.3 Å². The first-order valence-electron chi connectivity index (χ1n) is 9.52. The summed E-state index contributed by atoms with van der Waals surface area (Å²) in [5.74, 6) is -0.465. The van der Waals surface area contributed by atoms with Crippen molar-refractivity contribution in [2.24, 2.45) is 0 Å². The molecule has 2 aliphatic heterocycles. The minimum atomic E-state index is -0.365. The number of hydrogen-bond acceptors (Lipinski definition) is 3. The Bertz CT molecular complexity index is 917. The van der Waals surface area contributed by atoms with Crippen molar-refractivity contribution in [1.82, 2.24) is 9.80 Å². The quantitative estimate of drug-likeness (QED) is 0.803. The lowest BCUT2D eigenvalue weighted by atomic mass is 9.92. The minimum Gasteiger partial charge on any atom is -0.337 e. The Kier molecular flexibility index (Phi) is 4.67. The number of rotatable bonds is 2. The summed E-state index contributed by atoms with van der Waals surface area (Å²) < 4.78 is 13.9. The number of aryl methyl sites for hydroxylation is 1. The molecule has 1 atom stereocenters. The van der Waals surface area contributed by atoms with Gasteiger partial charge in [0.1, 0.15) is 5.82 Å². The normalized spacial score (nSPS) is 22.9. The third kappa shape index (κ3) is 3.18. The molecular weight excluding hydrogens is 357 g/mol. The summed E-state index contributed by atoms with van der Waals surface area (Å²) >= 11 is 0. The highest BCUT2D eigenvalue weighted by molar-refractivity contribution is 5.97.